The van der Waals surface area contributed by atoms with Crippen LogP contribution in [0.2, 0.25) is 0 Å². The van der Waals surface area contributed by atoms with Gasteiger partial charge in [0.05, 0.1) is 12.1 Å². The molecule has 3 heterocycles. The average molecular weight is 457 g/mol. The molecule has 0 bridgehead atoms. The number of amides is 1. The van der Waals surface area contributed by atoms with Crippen LogP contribution in [0.4, 0.5) is 18.9 Å². The van der Waals surface area contributed by atoms with E-state index in [-0.39, 0.29) is 30.5 Å². The molecule has 33 heavy (non-hydrogen) atoms. The summed E-state index contributed by atoms with van der Waals surface area (Å²) < 4.78 is 44.9. The monoisotopic (exact) mass is 457 g/mol. The van der Waals surface area contributed by atoms with Crippen LogP contribution in [0, 0.1) is 19.8 Å². The van der Waals surface area contributed by atoms with E-state index >= 15 is 0 Å². The SMILES string of the molecule is Cc1ccn2c(C(=O)Nc3cc(-c4noc(CC[C@@H](C)C(F)(F)F)n4)ccc3C)cnc2c1. The molecule has 0 fully saturated rings. The summed E-state index contributed by atoms with van der Waals surface area (Å²) >= 11 is 0. The number of imidazole rings is 1. The van der Waals surface area contributed by atoms with Gasteiger partial charge in [-0.05, 0) is 49.6 Å². The van der Waals surface area contributed by atoms with Gasteiger partial charge in [-0.15, -0.1) is 0 Å². The highest BCUT2D eigenvalue weighted by Crippen LogP contribution is 2.30. The molecule has 1 amide bonds. The van der Waals surface area contributed by atoms with Gasteiger partial charge in [0.25, 0.3) is 5.91 Å². The molecule has 1 atom stereocenters. The van der Waals surface area contributed by atoms with Gasteiger partial charge >= 0.3 is 6.18 Å². The molecule has 0 spiro atoms. The van der Waals surface area contributed by atoms with Gasteiger partial charge in [-0.1, -0.05) is 24.2 Å². The highest BCUT2D eigenvalue weighted by atomic mass is 19.4. The zero-order valence-electron chi connectivity index (χ0n) is 18.3. The van der Waals surface area contributed by atoms with Crippen LogP contribution in [-0.4, -0.2) is 31.6 Å². The molecule has 0 aliphatic heterocycles. The molecular formula is C23H22F3N5O2. The number of aromatic nitrogens is 4. The molecule has 1 aromatic carbocycles. The van der Waals surface area contributed by atoms with Crippen molar-refractivity contribution in [3.8, 4) is 11.4 Å². The van der Waals surface area contributed by atoms with Gasteiger partial charge in [-0.2, -0.15) is 18.2 Å². The highest BCUT2D eigenvalue weighted by molar-refractivity contribution is 6.04. The number of fused-ring (bicyclic) bond motifs is 1. The van der Waals surface area contributed by atoms with Crippen molar-refractivity contribution in [1.82, 2.24) is 19.5 Å². The largest absolute Gasteiger partial charge is 0.391 e. The maximum absolute atomic E-state index is 12.9. The van der Waals surface area contributed by atoms with Gasteiger partial charge in [-0.3, -0.25) is 9.20 Å². The second-order valence-electron chi connectivity index (χ2n) is 8.05. The quantitative estimate of drug-likeness (QED) is 0.420. The molecule has 3 aromatic heterocycles. The van der Waals surface area contributed by atoms with Crippen LogP contribution in [0.15, 0.2) is 47.2 Å². The molecule has 172 valence electrons. The number of hydrogen-bond acceptors (Lipinski definition) is 5. The van der Waals surface area contributed by atoms with E-state index in [9.17, 15) is 18.0 Å². The number of carbonyl (C=O) groups is 1. The van der Waals surface area contributed by atoms with Crippen molar-refractivity contribution >= 4 is 17.2 Å². The van der Waals surface area contributed by atoms with E-state index < -0.39 is 12.1 Å². The van der Waals surface area contributed by atoms with Gasteiger partial charge in [0.15, 0.2) is 0 Å². The number of aryl methyl sites for hydroxylation is 3. The first-order chi connectivity index (χ1) is 15.6. The van der Waals surface area contributed by atoms with Crippen LogP contribution < -0.4 is 5.32 Å². The van der Waals surface area contributed by atoms with Crippen molar-refractivity contribution in [1.29, 1.82) is 0 Å². The van der Waals surface area contributed by atoms with Crippen molar-refractivity contribution in [2.45, 2.75) is 39.8 Å². The second-order valence-corrected chi connectivity index (χ2v) is 8.05. The molecule has 4 aromatic rings. The molecule has 0 unspecified atom stereocenters. The van der Waals surface area contributed by atoms with Crippen molar-refractivity contribution < 1.29 is 22.5 Å². The number of rotatable bonds is 6. The van der Waals surface area contributed by atoms with Crippen LogP contribution in [0.3, 0.4) is 0 Å². The van der Waals surface area contributed by atoms with E-state index in [0.717, 1.165) is 18.1 Å². The molecule has 1 N–H and O–H groups in total. The summed E-state index contributed by atoms with van der Waals surface area (Å²) in [5.41, 5.74) is 4.04. The summed E-state index contributed by atoms with van der Waals surface area (Å²) in [6, 6.07) is 9.03. The van der Waals surface area contributed by atoms with Gasteiger partial charge in [-0.25, -0.2) is 4.98 Å². The summed E-state index contributed by atoms with van der Waals surface area (Å²) in [7, 11) is 0. The number of hydrogen-bond donors (Lipinski definition) is 1. The van der Waals surface area contributed by atoms with Crippen molar-refractivity contribution in [2.75, 3.05) is 5.32 Å². The minimum Gasteiger partial charge on any atom is -0.339 e. The Morgan fingerprint density at radius 1 is 1.21 bits per heavy atom. The first-order valence-corrected chi connectivity index (χ1v) is 10.4. The van der Waals surface area contributed by atoms with Crippen LogP contribution in [0.5, 0.6) is 0 Å². The maximum atomic E-state index is 12.9. The van der Waals surface area contributed by atoms with E-state index in [4.69, 9.17) is 4.52 Å². The van der Waals surface area contributed by atoms with E-state index in [1.54, 1.807) is 28.8 Å². The third kappa shape index (κ3) is 4.89. The Labute approximate surface area is 187 Å². The van der Waals surface area contributed by atoms with Crippen LogP contribution >= 0.6 is 0 Å². The Kier molecular flexibility index (Phi) is 5.92. The lowest BCUT2D eigenvalue weighted by Gasteiger charge is -2.13. The lowest BCUT2D eigenvalue weighted by atomic mass is 10.1. The smallest absolute Gasteiger partial charge is 0.339 e. The number of benzene rings is 1. The number of alkyl halides is 3. The molecule has 0 aliphatic rings. The average Bonchev–Trinajstić information content (AvgIpc) is 3.39. The standard InChI is InChI=1S/C23H22F3N5O2/c1-13-8-9-31-18(12-27-19(31)10-13)22(32)28-17-11-16(6-4-14(17)2)21-29-20(33-30-21)7-5-15(3)23(24,25)26/h4,6,8-12,15H,5,7H2,1-3H3,(H,28,32)/t15-/m1/s1. The first kappa shape index (κ1) is 22.5. The number of nitrogens with one attached hydrogen (secondary N) is 1. The third-order valence-electron chi connectivity index (χ3n) is 5.46. The lowest BCUT2D eigenvalue weighted by molar-refractivity contribution is -0.171. The van der Waals surface area contributed by atoms with Gasteiger partial charge in [0, 0.05) is 23.9 Å². The predicted molar refractivity (Wildman–Crippen MR) is 116 cm³/mol. The van der Waals surface area contributed by atoms with Gasteiger partial charge < -0.3 is 9.84 Å². The van der Waals surface area contributed by atoms with Crippen molar-refractivity contribution in [3.63, 3.8) is 0 Å². The minimum atomic E-state index is -4.26. The number of carbonyl (C=O) groups excluding carboxylic acids is 1. The fourth-order valence-corrected chi connectivity index (χ4v) is 3.31. The summed E-state index contributed by atoms with van der Waals surface area (Å²) in [6.07, 6.45) is -1.07. The van der Waals surface area contributed by atoms with Gasteiger partial charge in [0.2, 0.25) is 11.7 Å². The molecule has 10 heteroatoms. The Morgan fingerprint density at radius 2 is 2.00 bits per heavy atom. The first-order valence-electron chi connectivity index (χ1n) is 10.4. The van der Waals surface area contributed by atoms with E-state index in [1.807, 2.05) is 26.0 Å². The second kappa shape index (κ2) is 8.68. The van der Waals surface area contributed by atoms with E-state index in [1.165, 1.54) is 6.20 Å². The minimum absolute atomic E-state index is 0.0247. The summed E-state index contributed by atoms with van der Waals surface area (Å²) in [4.78, 5) is 21.4. The van der Waals surface area contributed by atoms with E-state index in [2.05, 4.69) is 20.4 Å². The van der Waals surface area contributed by atoms with Gasteiger partial charge in [0.1, 0.15) is 11.3 Å². The zero-order valence-corrected chi connectivity index (χ0v) is 18.3. The fourth-order valence-electron chi connectivity index (χ4n) is 3.31. The fraction of sp³-hybridized carbons (Fsp3) is 0.304. The summed E-state index contributed by atoms with van der Waals surface area (Å²) in [5, 5.41) is 6.76. The summed E-state index contributed by atoms with van der Waals surface area (Å²) in [5.74, 6) is -1.42. The Bertz CT molecular complexity index is 1310. The molecule has 0 saturated heterocycles. The molecule has 0 aliphatic carbocycles. The normalized spacial score (nSPS) is 12.8. The Balaban J connectivity index is 1.51. The molecule has 0 saturated carbocycles. The third-order valence-corrected chi connectivity index (χ3v) is 5.46. The number of pyridine rings is 1. The molecule has 7 nitrogen and oxygen atoms in total. The van der Waals surface area contributed by atoms with Crippen LogP contribution in [0.1, 0.15) is 40.9 Å². The summed E-state index contributed by atoms with van der Waals surface area (Å²) in [6.45, 7) is 4.91. The van der Waals surface area contributed by atoms with Crippen molar-refractivity contribution in [3.05, 3.63) is 65.4 Å². The Morgan fingerprint density at radius 3 is 2.76 bits per heavy atom. The zero-order chi connectivity index (χ0) is 23.8. The molecule has 0 radical (unpaired) electrons. The predicted octanol–water partition coefficient (Wildman–Crippen LogP) is 5.38. The van der Waals surface area contributed by atoms with E-state index in [0.29, 0.717) is 22.6 Å². The number of anilines is 1. The highest BCUT2D eigenvalue weighted by Gasteiger charge is 2.35. The number of halogens is 3. The van der Waals surface area contributed by atoms with Crippen molar-refractivity contribution in [2.24, 2.45) is 5.92 Å². The molecular weight excluding hydrogens is 435 g/mol. The van der Waals surface area contributed by atoms with Crippen LogP contribution in [0.25, 0.3) is 17.0 Å². The topological polar surface area (TPSA) is 85.3 Å². The number of nitrogens with zero attached hydrogens (tertiary/aromatic N) is 4. The molecule has 4 rings (SSSR count). The Hall–Kier alpha value is -3.69. The van der Waals surface area contributed by atoms with Crippen LogP contribution in [-0.2, 0) is 6.42 Å². The maximum Gasteiger partial charge on any atom is 0.391 e. The lowest BCUT2D eigenvalue weighted by Crippen LogP contribution is -2.20.